The number of fused-ring (bicyclic) bond motifs is 10. The molecule has 0 spiro atoms. The summed E-state index contributed by atoms with van der Waals surface area (Å²) in [5, 5.41) is 22.3. The van der Waals surface area contributed by atoms with Gasteiger partial charge in [-0.15, -0.1) is 0 Å². The van der Waals surface area contributed by atoms with Gasteiger partial charge in [-0.1, -0.05) is 27.4 Å². The number of hydrogen-bond donors (Lipinski definition) is 2. The Morgan fingerprint density at radius 2 is 1.08 bits per heavy atom. The molecule has 0 aromatic rings. The molecule has 7 saturated carbocycles. The fraction of sp³-hybridized carbons (Fsp3) is 0.953. The van der Waals surface area contributed by atoms with Gasteiger partial charge in [-0.3, -0.25) is 0 Å². The second kappa shape index (κ2) is 13.2. The van der Waals surface area contributed by atoms with Crippen molar-refractivity contribution in [3.05, 3.63) is 11.4 Å². The average molecular weight is 719 g/mol. The topological polar surface area (TPSA) is 74.6 Å². The molecule has 8 aliphatic rings. The first-order valence-electron chi connectivity index (χ1n) is 20.5. The Morgan fingerprint density at radius 1 is 0.592 bits per heavy atom. The van der Waals surface area contributed by atoms with Crippen LogP contribution in [0.25, 0.3) is 0 Å². The van der Waals surface area contributed by atoms with Gasteiger partial charge in [-0.25, -0.2) is 0 Å². The van der Waals surface area contributed by atoms with Crippen molar-refractivity contribution in [2.45, 2.75) is 161 Å². The first kappa shape index (κ1) is 38.8. The van der Waals surface area contributed by atoms with E-state index in [1.807, 2.05) is 33.6 Å². The van der Waals surface area contributed by atoms with Crippen molar-refractivity contribution in [1.29, 1.82) is 0 Å². The van der Waals surface area contributed by atoms with E-state index in [1.54, 1.807) is 0 Å². The van der Waals surface area contributed by atoms with Crippen molar-refractivity contribution in [2.24, 2.45) is 70.0 Å². The molecule has 0 amide bonds. The van der Waals surface area contributed by atoms with Crippen molar-refractivity contribution >= 4 is 14.3 Å². The van der Waals surface area contributed by atoms with Gasteiger partial charge < -0.3 is 19.3 Å². The van der Waals surface area contributed by atoms with Crippen LogP contribution in [0.5, 0.6) is 0 Å². The molecule has 8 rings (SSSR count). The van der Waals surface area contributed by atoms with Crippen molar-refractivity contribution in [2.75, 3.05) is 26.7 Å². The number of allylic oxidation sites excluding steroid dienone is 2. The second-order valence-electron chi connectivity index (χ2n) is 21.1. The van der Waals surface area contributed by atoms with Gasteiger partial charge in [-0.2, -0.15) is 0 Å². The lowest BCUT2D eigenvalue weighted by atomic mass is 9.50. The molecule has 2 N–H and O–H groups in total. The minimum absolute atomic E-state index is 0. The molecule has 6 heteroatoms. The average Bonchev–Trinajstić information content (AvgIpc) is 3.53. The Morgan fingerprint density at radius 3 is 1.59 bits per heavy atom. The van der Waals surface area contributed by atoms with Crippen LogP contribution in [0.1, 0.15) is 144 Å². The Hall–Kier alpha value is 0.120. The van der Waals surface area contributed by atoms with Gasteiger partial charge in [0.05, 0.1) is 18.3 Å². The Bertz CT molecular complexity index is 1310. The first-order valence-corrected chi connectivity index (χ1v) is 25.8. The van der Waals surface area contributed by atoms with Gasteiger partial charge in [-0.05, 0) is 225 Å². The summed E-state index contributed by atoms with van der Waals surface area (Å²) in [6.45, 7) is 17.0. The molecule has 4 nitrogen and oxygen atoms in total. The van der Waals surface area contributed by atoms with Crippen LogP contribution in [-0.2, 0) is 9.13 Å². The highest BCUT2D eigenvalue weighted by molar-refractivity contribution is 7.66. The van der Waals surface area contributed by atoms with Crippen LogP contribution in [0, 0.1) is 70.0 Å². The van der Waals surface area contributed by atoms with E-state index in [9.17, 15) is 19.3 Å². The van der Waals surface area contributed by atoms with Crippen LogP contribution in [0.4, 0.5) is 0 Å². The highest BCUT2D eigenvalue weighted by Crippen LogP contribution is 2.71. The molecular formula is C43H76O4P2. The molecular weight excluding hydrogens is 642 g/mol. The lowest BCUT2D eigenvalue weighted by molar-refractivity contribution is -0.0934. The molecule has 0 aromatic heterocycles. The summed E-state index contributed by atoms with van der Waals surface area (Å²) >= 11 is 0. The summed E-state index contributed by atoms with van der Waals surface area (Å²) in [6.07, 6.45) is 23.1. The Balaban J connectivity index is 0.000000167. The smallest absolute Gasteiger partial charge is 0.106 e. The van der Waals surface area contributed by atoms with Crippen molar-refractivity contribution < 1.29 is 19.3 Å². The lowest BCUT2D eigenvalue weighted by Gasteiger charge is -2.57. The van der Waals surface area contributed by atoms with Gasteiger partial charge in [0.1, 0.15) is 7.14 Å². The van der Waals surface area contributed by atoms with Crippen molar-refractivity contribution in [1.82, 2.24) is 0 Å². The van der Waals surface area contributed by atoms with Crippen LogP contribution in [0.2, 0.25) is 0 Å². The Kier molecular flexibility index (Phi) is 10.4. The second-order valence-corrected chi connectivity index (χ2v) is 27.7. The van der Waals surface area contributed by atoms with Gasteiger partial charge in [0.25, 0.3) is 0 Å². The molecule has 49 heavy (non-hydrogen) atoms. The predicted molar refractivity (Wildman–Crippen MR) is 208 cm³/mol. The zero-order valence-electron chi connectivity index (χ0n) is 32.1. The zero-order chi connectivity index (χ0) is 34.7. The van der Waals surface area contributed by atoms with E-state index in [0.29, 0.717) is 11.1 Å². The third-order valence-electron chi connectivity index (χ3n) is 17.3. The van der Waals surface area contributed by atoms with E-state index in [1.165, 1.54) is 82.4 Å². The van der Waals surface area contributed by atoms with E-state index >= 15 is 0 Å². The molecule has 15 atom stereocenters. The molecule has 0 aromatic carbocycles. The normalized spacial score (nSPS) is 52.0. The Labute approximate surface area is 302 Å². The third-order valence-corrected chi connectivity index (χ3v) is 21.5. The summed E-state index contributed by atoms with van der Waals surface area (Å²) in [6, 6.07) is 0. The maximum atomic E-state index is 12.9. The highest BCUT2D eigenvalue weighted by atomic mass is 31.2. The monoisotopic (exact) mass is 719 g/mol. The standard InChI is InChI=1S/C21H37O2P.C21H35O2P.CH4/c2*1-20(22)11-9-15-14(13-20)5-6-17-16(15)10-12-21(2)18(17)7-8-19(21)24(3,4)23;/h14-19,22H,5-13H2,1-4H3;8,14-18,22H,5-7,9-13H2,1-4H3;1H4/t14-,15+,16-,17-,18+,19+,20-,21+;14-,15+,16-,17-,18+,20-,21+;/m11./s1. The van der Waals surface area contributed by atoms with E-state index in [0.717, 1.165) is 91.3 Å². The van der Waals surface area contributed by atoms with E-state index in [-0.39, 0.29) is 12.8 Å². The summed E-state index contributed by atoms with van der Waals surface area (Å²) < 4.78 is 25.7. The highest BCUT2D eigenvalue weighted by Gasteiger charge is 2.60. The summed E-state index contributed by atoms with van der Waals surface area (Å²) in [5.74, 6) is 8.22. The number of aliphatic hydroxyl groups is 2. The van der Waals surface area contributed by atoms with Crippen LogP contribution < -0.4 is 0 Å². The molecule has 0 unspecified atom stereocenters. The van der Waals surface area contributed by atoms with Crippen LogP contribution in [-0.4, -0.2) is 53.7 Å². The van der Waals surface area contributed by atoms with Gasteiger partial charge in [0, 0.05) is 5.66 Å². The maximum Gasteiger partial charge on any atom is 0.106 e. The molecule has 0 radical (unpaired) electrons. The molecule has 8 aliphatic carbocycles. The minimum atomic E-state index is -2.13. The minimum Gasteiger partial charge on any atom is -0.390 e. The number of hydrogen-bond acceptors (Lipinski definition) is 4. The largest absolute Gasteiger partial charge is 0.390 e. The quantitative estimate of drug-likeness (QED) is 0.279. The molecule has 0 saturated heterocycles. The maximum absolute atomic E-state index is 12.9. The van der Waals surface area contributed by atoms with Gasteiger partial charge in [0.15, 0.2) is 0 Å². The van der Waals surface area contributed by atoms with Gasteiger partial charge in [0.2, 0.25) is 0 Å². The summed E-state index contributed by atoms with van der Waals surface area (Å²) in [7, 11) is -4.13. The van der Waals surface area contributed by atoms with Crippen LogP contribution in [0.3, 0.4) is 0 Å². The molecule has 7 fully saturated rings. The zero-order valence-corrected chi connectivity index (χ0v) is 33.8. The number of rotatable bonds is 2. The summed E-state index contributed by atoms with van der Waals surface area (Å²) in [5.41, 5.74) is 0.185. The molecule has 282 valence electrons. The third kappa shape index (κ3) is 6.86. The fourth-order valence-corrected chi connectivity index (χ4v) is 20.1. The SMILES string of the molecule is C.C[C@@]1(O)CC[C@H]2[C@H](CC[C@@H]3[C@@H]2CC[C@@]2(C)[C@H]3CC[C@@H]2P(C)(C)=O)C1.C[C@@]1(O)CC[C@H]2[C@H](CC[C@@H]3[C@@H]2CC[C@]2(C)C(P(C)(C)=O)=CC[C@@H]32)C1. The van der Waals surface area contributed by atoms with Crippen molar-refractivity contribution in [3.63, 3.8) is 0 Å². The molecule has 0 heterocycles. The molecule has 0 bridgehead atoms. The van der Waals surface area contributed by atoms with E-state index in [4.69, 9.17) is 0 Å². The van der Waals surface area contributed by atoms with Crippen LogP contribution >= 0.6 is 14.3 Å². The summed E-state index contributed by atoms with van der Waals surface area (Å²) in [4.78, 5) is 0. The molecule has 0 aliphatic heterocycles. The van der Waals surface area contributed by atoms with E-state index in [2.05, 4.69) is 26.8 Å². The van der Waals surface area contributed by atoms with E-state index < -0.39 is 25.5 Å². The predicted octanol–water partition coefficient (Wildman–Crippen LogP) is 11.5. The fourth-order valence-electron chi connectivity index (χ4n) is 15.5. The lowest BCUT2D eigenvalue weighted by Crippen LogP contribution is -2.51. The van der Waals surface area contributed by atoms with Gasteiger partial charge >= 0.3 is 0 Å². The first-order chi connectivity index (χ1) is 22.2. The van der Waals surface area contributed by atoms with Crippen molar-refractivity contribution in [3.8, 4) is 0 Å². The van der Waals surface area contributed by atoms with Crippen LogP contribution in [0.15, 0.2) is 11.4 Å².